The Kier molecular flexibility index (Phi) is 5.13. The van der Waals surface area contributed by atoms with Crippen molar-refractivity contribution in [1.29, 1.82) is 0 Å². The molecule has 1 aromatic carbocycles. The molecule has 4 heteroatoms. The van der Waals surface area contributed by atoms with Crippen molar-refractivity contribution in [2.24, 2.45) is 0 Å². The van der Waals surface area contributed by atoms with Gasteiger partial charge >= 0.3 is 0 Å². The van der Waals surface area contributed by atoms with E-state index >= 15 is 0 Å². The molecular weight excluding hydrogens is 258 g/mol. The lowest BCUT2D eigenvalue weighted by Gasteiger charge is -2.22. The first-order chi connectivity index (χ1) is 9.19. The number of hydrogen-bond acceptors (Lipinski definition) is 4. The topological polar surface area (TPSA) is 41.5 Å². The van der Waals surface area contributed by atoms with Crippen molar-refractivity contribution < 1.29 is 9.84 Å². The molecule has 0 aromatic heterocycles. The van der Waals surface area contributed by atoms with E-state index in [0.29, 0.717) is 16.5 Å². The second-order valence-electron chi connectivity index (χ2n) is 5.03. The van der Waals surface area contributed by atoms with Crippen LogP contribution < -0.4 is 10.1 Å². The van der Waals surface area contributed by atoms with E-state index in [9.17, 15) is 0 Å². The number of ether oxygens (including phenoxy) is 1. The summed E-state index contributed by atoms with van der Waals surface area (Å²) in [5, 5.41) is 13.5. The molecule has 106 valence electrons. The molecule has 1 aliphatic rings. The Balaban J connectivity index is 2.13. The molecule has 0 spiro atoms. The fraction of sp³-hybridized carbons (Fsp3) is 0.600. The molecule has 3 nitrogen and oxygen atoms in total. The van der Waals surface area contributed by atoms with Gasteiger partial charge < -0.3 is 15.2 Å². The summed E-state index contributed by atoms with van der Waals surface area (Å²) in [7, 11) is 3.73. The standard InChI is InChI=1S/C15H23NO2S/c1-10(6-7-17)19-14-8-11-4-5-12(18-3)9-13(11)15(14)16-2/h4-5,9-10,14-17H,6-8H2,1-3H3. The predicted molar refractivity (Wildman–Crippen MR) is 81.0 cm³/mol. The first-order valence-corrected chi connectivity index (χ1v) is 7.74. The lowest BCUT2D eigenvalue weighted by atomic mass is 10.1. The van der Waals surface area contributed by atoms with Crippen molar-refractivity contribution in [1.82, 2.24) is 5.32 Å². The number of nitrogens with one attached hydrogen (secondary N) is 1. The summed E-state index contributed by atoms with van der Waals surface area (Å²) in [5.74, 6) is 0.924. The highest BCUT2D eigenvalue weighted by Crippen LogP contribution is 2.41. The van der Waals surface area contributed by atoms with Gasteiger partial charge in [-0.25, -0.2) is 0 Å². The van der Waals surface area contributed by atoms with Crippen LogP contribution in [0.15, 0.2) is 18.2 Å². The number of fused-ring (bicyclic) bond motifs is 1. The Morgan fingerprint density at radius 3 is 2.95 bits per heavy atom. The van der Waals surface area contributed by atoms with Crippen molar-refractivity contribution in [2.45, 2.75) is 36.3 Å². The summed E-state index contributed by atoms with van der Waals surface area (Å²) in [6, 6.07) is 6.73. The van der Waals surface area contributed by atoms with Gasteiger partial charge in [0.15, 0.2) is 0 Å². The van der Waals surface area contributed by atoms with Crippen molar-refractivity contribution in [3.05, 3.63) is 29.3 Å². The Morgan fingerprint density at radius 2 is 2.32 bits per heavy atom. The molecule has 0 heterocycles. The summed E-state index contributed by atoms with van der Waals surface area (Å²) in [6.45, 7) is 2.46. The number of methoxy groups -OCH3 is 1. The van der Waals surface area contributed by atoms with Crippen LogP contribution >= 0.6 is 11.8 Å². The summed E-state index contributed by atoms with van der Waals surface area (Å²) in [5.41, 5.74) is 2.77. The number of aliphatic hydroxyl groups excluding tert-OH is 1. The molecule has 2 rings (SSSR count). The van der Waals surface area contributed by atoms with Gasteiger partial charge in [-0.05, 0) is 43.1 Å². The molecule has 1 aromatic rings. The molecule has 0 fully saturated rings. The Labute approximate surface area is 119 Å². The second kappa shape index (κ2) is 6.64. The van der Waals surface area contributed by atoms with E-state index in [1.807, 2.05) is 24.9 Å². The van der Waals surface area contributed by atoms with Gasteiger partial charge in [0, 0.05) is 23.1 Å². The van der Waals surface area contributed by atoms with Crippen molar-refractivity contribution in [3.63, 3.8) is 0 Å². The van der Waals surface area contributed by atoms with E-state index in [4.69, 9.17) is 9.84 Å². The van der Waals surface area contributed by atoms with E-state index < -0.39 is 0 Å². The van der Waals surface area contributed by atoms with Gasteiger partial charge in [-0.15, -0.1) is 0 Å². The van der Waals surface area contributed by atoms with Crippen LogP contribution in [0.2, 0.25) is 0 Å². The lowest BCUT2D eigenvalue weighted by molar-refractivity contribution is 0.288. The molecule has 2 N–H and O–H groups in total. The monoisotopic (exact) mass is 281 g/mol. The van der Waals surface area contributed by atoms with Crippen LogP contribution in [-0.2, 0) is 6.42 Å². The van der Waals surface area contributed by atoms with Crippen LogP contribution in [0.4, 0.5) is 0 Å². The normalized spacial score (nSPS) is 23.2. The molecule has 0 saturated heterocycles. The summed E-state index contributed by atoms with van der Waals surface area (Å²) >= 11 is 1.97. The third kappa shape index (κ3) is 3.25. The van der Waals surface area contributed by atoms with E-state index in [1.54, 1.807) is 7.11 Å². The highest BCUT2D eigenvalue weighted by atomic mass is 32.2. The van der Waals surface area contributed by atoms with Crippen LogP contribution in [-0.4, -0.2) is 36.4 Å². The molecule has 3 atom stereocenters. The number of hydrogen-bond donors (Lipinski definition) is 2. The van der Waals surface area contributed by atoms with Gasteiger partial charge in [0.1, 0.15) is 5.75 Å². The molecular formula is C15H23NO2S. The molecule has 0 radical (unpaired) electrons. The van der Waals surface area contributed by atoms with Gasteiger partial charge in [0.2, 0.25) is 0 Å². The maximum absolute atomic E-state index is 9.03. The van der Waals surface area contributed by atoms with Crippen LogP contribution in [0.25, 0.3) is 0 Å². The quantitative estimate of drug-likeness (QED) is 0.840. The van der Waals surface area contributed by atoms with Crippen molar-refractivity contribution in [3.8, 4) is 5.75 Å². The maximum atomic E-state index is 9.03. The highest BCUT2D eigenvalue weighted by molar-refractivity contribution is 8.00. The number of benzene rings is 1. The van der Waals surface area contributed by atoms with Crippen molar-refractivity contribution >= 4 is 11.8 Å². The van der Waals surface area contributed by atoms with Gasteiger partial charge in [0.25, 0.3) is 0 Å². The molecule has 0 bridgehead atoms. The number of rotatable bonds is 6. The van der Waals surface area contributed by atoms with Gasteiger partial charge in [-0.2, -0.15) is 11.8 Å². The van der Waals surface area contributed by atoms with E-state index in [-0.39, 0.29) is 6.61 Å². The maximum Gasteiger partial charge on any atom is 0.119 e. The minimum absolute atomic E-state index is 0.270. The number of aliphatic hydroxyl groups is 1. The average molecular weight is 281 g/mol. The summed E-state index contributed by atoms with van der Waals surface area (Å²) < 4.78 is 5.32. The van der Waals surface area contributed by atoms with Crippen LogP contribution in [0.3, 0.4) is 0 Å². The fourth-order valence-electron chi connectivity index (χ4n) is 2.73. The smallest absolute Gasteiger partial charge is 0.119 e. The van der Waals surface area contributed by atoms with Crippen molar-refractivity contribution in [2.75, 3.05) is 20.8 Å². The average Bonchev–Trinajstić information content (AvgIpc) is 2.74. The lowest BCUT2D eigenvalue weighted by Crippen LogP contribution is -2.25. The fourth-order valence-corrected chi connectivity index (χ4v) is 4.28. The minimum Gasteiger partial charge on any atom is -0.497 e. The third-order valence-corrected chi connectivity index (χ3v) is 5.22. The van der Waals surface area contributed by atoms with Crippen LogP contribution in [0.1, 0.15) is 30.5 Å². The Bertz CT molecular complexity index is 425. The Morgan fingerprint density at radius 1 is 1.53 bits per heavy atom. The second-order valence-corrected chi connectivity index (χ2v) is 6.72. The minimum atomic E-state index is 0.270. The number of thioether (sulfide) groups is 1. The molecule has 0 aliphatic heterocycles. The largest absolute Gasteiger partial charge is 0.497 e. The van der Waals surface area contributed by atoms with Gasteiger partial charge in [-0.1, -0.05) is 13.0 Å². The van der Waals surface area contributed by atoms with E-state index in [1.165, 1.54) is 11.1 Å². The SMILES string of the molecule is CNC1c2cc(OC)ccc2CC1SC(C)CCO. The predicted octanol–water partition coefficient (Wildman–Crippen LogP) is 2.38. The Hall–Kier alpha value is -0.710. The third-order valence-electron chi connectivity index (χ3n) is 3.73. The van der Waals surface area contributed by atoms with Gasteiger partial charge in [0.05, 0.1) is 7.11 Å². The molecule has 3 unspecified atom stereocenters. The zero-order valence-electron chi connectivity index (χ0n) is 11.8. The highest BCUT2D eigenvalue weighted by Gasteiger charge is 2.33. The first kappa shape index (κ1) is 14.7. The molecule has 1 aliphatic carbocycles. The zero-order valence-corrected chi connectivity index (χ0v) is 12.7. The van der Waals surface area contributed by atoms with Crippen LogP contribution in [0, 0.1) is 0 Å². The summed E-state index contributed by atoms with van der Waals surface area (Å²) in [6.07, 6.45) is 1.95. The zero-order chi connectivity index (χ0) is 13.8. The van der Waals surface area contributed by atoms with E-state index in [2.05, 4.69) is 24.4 Å². The van der Waals surface area contributed by atoms with Gasteiger partial charge in [-0.3, -0.25) is 0 Å². The first-order valence-electron chi connectivity index (χ1n) is 6.80. The van der Waals surface area contributed by atoms with Crippen LogP contribution in [0.5, 0.6) is 5.75 Å². The van der Waals surface area contributed by atoms with E-state index in [0.717, 1.165) is 18.6 Å². The molecule has 0 saturated carbocycles. The summed E-state index contributed by atoms with van der Waals surface area (Å²) in [4.78, 5) is 0. The molecule has 0 amide bonds. The molecule has 19 heavy (non-hydrogen) atoms.